The summed E-state index contributed by atoms with van der Waals surface area (Å²) in [5.41, 5.74) is -0.200. The molecule has 3 amide bonds. The number of hydrogen-bond donors (Lipinski definition) is 0. The molecule has 0 radical (unpaired) electrons. The minimum Gasteiger partial charge on any atom is -0.497 e. The zero-order valence-corrected chi connectivity index (χ0v) is 18.5. The fourth-order valence-corrected chi connectivity index (χ4v) is 4.54. The minimum absolute atomic E-state index is 0.108. The zero-order valence-electron chi connectivity index (χ0n) is 18.5. The maximum atomic E-state index is 13.5. The summed E-state index contributed by atoms with van der Waals surface area (Å²) in [6.45, 7) is -0.592. The number of fused-ring (bicyclic) bond motifs is 1. The average Bonchev–Trinajstić information content (AvgIpc) is 3.12. The summed E-state index contributed by atoms with van der Waals surface area (Å²) in [6, 6.07) is 11.3. The number of amides is 3. The van der Waals surface area contributed by atoms with Crippen molar-refractivity contribution in [2.75, 3.05) is 13.7 Å². The molecule has 34 heavy (non-hydrogen) atoms. The highest BCUT2D eigenvalue weighted by atomic mass is 16.6. The van der Waals surface area contributed by atoms with Crippen LogP contribution in [0.1, 0.15) is 46.4 Å². The van der Waals surface area contributed by atoms with Crippen LogP contribution in [0.15, 0.2) is 48.5 Å². The molecule has 1 heterocycles. The van der Waals surface area contributed by atoms with Crippen molar-refractivity contribution in [3.8, 4) is 5.75 Å². The van der Waals surface area contributed by atoms with E-state index in [0.29, 0.717) is 18.6 Å². The monoisotopic (exact) mass is 465 g/mol. The number of rotatable bonds is 7. The van der Waals surface area contributed by atoms with E-state index in [4.69, 9.17) is 4.74 Å². The molecule has 2 aromatic carbocycles. The molecule has 0 aromatic heterocycles. The Balaban J connectivity index is 1.71. The molecule has 0 N–H and O–H groups in total. The lowest BCUT2D eigenvalue weighted by atomic mass is 9.81. The van der Waals surface area contributed by atoms with E-state index in [1.807, 2.05) is 0 Å². The topological polar surface area (TPSA) is 127 Å². The van der Waals surface area contributed by atoms with Gasteiger partial charge in [-0.1, -0.05) is 31.0 Å². The number of carbonyl (C=O) groups excluding carboxylic acids is 4. The molecule has 2 fully saturated rings. The number of hydrazine groups is 1. The number of nitrogens with zero attached hydrogens (tertiary/aromatic N) is 3. The molecular formula is C24H23N3O7. The summed E-state index contributed by atoms with van der Waals surface area (Å²) in [6.07, 6.45) is 2.67. The molecule has 1 saturated carbocycles. The molecule has 1 saturated heterocycles. The summed E-state index contributed by atoms with van der Waals surface area (Å²) in [5, 5.41) is 12.8. The van der Waals surface area contributed by atoms with Crippen molar-refractivity contribution in [1.82, 2.24) is 10.0 Å². The van der Waals surface area contributed by atoms with Gasteiger partial charge in [0, 0.05) is 23.3 Å². The highest BCUT2D eigenvalue weighted by molar-refractivity contribution is 6.09. The van der Waals surface area contributed by atoms with Crippen LogP contribution < -0.4 is 4.74 Å². The molecule has 2 aromatic rings. The molecule has 1 aliphatic carbocycles. The van der Waals surface area contributed by atoms with Crippen LogP contribution in [0.3, 0.4) is 0 Å². The quantitative estimate of drug-likeness (QED) is 0.266. The van der Waals surface area contributed by atoms with Gasteiger partial charge >= 0.3 is 0 Å². The SMILES string of the molecule is COc1cccc(C(=O)CN(C(=O)c2cccc([N+](=O)[O-])c2)N2C(=O)[C@H]3CCCC[C@@H]3C2=O)c1. The van der Waals surface area contributed by atoms with E-state index >= 15 is 0 Å². The number of ketones is 1. The number of benzene rings is 2. The predicted octanol–water partition coefficient (Wildman–Crippen LogP) is 3.02. The maximum absolute atomic E-state index is 13.5. The highest BCUT2D eigenvalue weighted by Gasteiger charge is 2.51. The van der Waals surface area contributed by atoms with Crippen LogP contribution in [0.2, 0.25) is 0 Å². The second-order valence-electron chi connectivity index (χ2n) is 8.31. The van der Waals surface area contributed by atoms with E-state index in [1.165, 1.54) is 37.4 Å². The number of methoxy groups -OCH3 is 1. The van der Waals surface area contributed by atoms with Gasteiger partial charge in [0.25, 0.3) is 23.4 Å². The van der Waals surface area contributed by atoms with Gasteiger partial charge in [0.05, 0.1) is 23.9 Å². The Morgan fingerprint density at radius 2 is 1.65 bits per heavy atom. The van der Waals surface area contributed by atoms with E-state index < -0.39 is 46.8 Å². The lowest BCUT2D eigenvalue weighted by Gasteiger charge is -2.30. The Morgan fingerprint density at radius 3 is 2.26 bits per heavy atom. The van der Waals surface area contributed by atoms with Crippen molar-refractivity contribution in [1.29, 1.82) is 0 Å². The molecule has 10 nitrogen and oxygen atoms in total. The zero-order chi connectivity index (χ0) is 24.4. The lowest BCUT2D eigenvalue weighted by molar-refractivity contribution is -0.384. The van der Waals surface area contributed by atoms with Gasteiger partial charge in [0.2, 0.25) is 0 Å². The predicted molar refractivity (Wildman–Crippen MR) is 119 cm³/mol. The Labute approximate surface area is 195 Å². The van der Waals surface area contributed by atoms with Crippen LogP contribution in [0.5, 0.6) is 5.75 Å². The van der Waals surface area contributed by atoms with E-state index in [1.54, 1.807) is 12.1 Å². The van der Waals surface area contributed by atoms with Crippen molar-refractivity contribution in [3.63, 3.8) is 0 Å². The van der Waals surface area contributed by atoms with Crippen LogP contribution in [0.4, 0.5) is 5.69 Å². The van der Waals surface area contributed by atoms with E-state index in [9.17, 15) is 29.3 Å². The Hall–Kier alpha value is -4.08. The van der Waals surface area contributed by atoms with Gasteiger partial charge < -0.3 is 4.74 Å². The van der Waals surface area contributed by atoms with Gasteiger partial charge in [0.1, 0.15) is 12.3 Å². The van der Waals surface area contributed by atoms with Crippen molar-refractivity contribution in [3.05, 3.63) is 69.8 Å². The van der Waals surface area contributed by atoms with Crippen molar-refractivity contribution < 1.29 is 28.8 Å². The molecule has 1 aliphatic heterocycles. The van der Waals surface area contributed by atoms with Crippen LogP contribution in [0, 0.1) is 22.0 Å². The Morgan fingerprint density at radius 1 is 1.03 bits per heavy atom. The molecule has 176 valence electrons. The molecule has 0 unspecified atom stereocenters. The minimum atomic E-state index is -0.847. The van der Waals surface area contributed by atoms with Crippen molar-refractivity contribution >= 4 is 29.2 Å². The first-order valence-corrected chi connectivity index (χ1v) is 10.9. The number of nitro benzene ring substituents is 1. The largest absolute Gasteiger partial charge is 0.497 e. The van der Waals surface area contributed by atoms with Crippen molar-refractivity contribution in [2.24, 2.45) is 11.8 Å². The number of ether oxygens (including phenoxy) is 1. The summed E-state index contributed by atoms with van der Waals surface area (Å²) in [4.78, 5) is 63.5. The molecule has 10 heteroatoms. The number of carbonyl (C=O) groups is 4. The first-order valence-electron chi connectivity index (χ1n) is 10.9. The van der Waals surface area contributed by atoms with E-state index in [2.05, 4.69) is 0 Å². The van der Waals surface area contributed by atoms with Crippen molar-refractivity contribution in [2.45, 2.75) is 25.7 Å². The second-order valence-corrected chi connectivity index (χ2v) is 8.31. The third kappa shape index (κ3) is 4.26. The fourth-order valence-electron chi connectivity index (χ4n) is 4.54. The maximum Gasteiger partial charge on any atom is 0.273 e. The molecule has 0 bridgehead atoms. The van der Waals surface area contributed by atoms with Crippen LogP contribution in [0.25, 0.3) is 0 Å². The fraction of sp³-hybridized carbons (Fsp3) is 0.333. The number of Topliss-reactive ketones (excluding diaryl/α,β-unsaturated/α-hetero) is 1. The summed E-state index contributed by atoms with van der Waals surface area (Å²) >= 11 is 0. The first-order chi connectivity index (χ1) is 16.3. The van der Waals surface area contributed by atoms with E-state index in [-0.39, 0.29) is 16.8 Å². The molecular weight excluding hydrogens is 442 g/mol. The van der Waals surface area contributed by atoms with Gasteiger partial charge in [-0.25, -0.2) is 5.01 Å². The van der Waals surface area contributed by atoms with Crippen LogP contribution in [-0.2, 0) is 9.59 Å². The normalized spacial score (nSPS) is 19.5. The van der Waals surface area contributed by atoms with Gasteiger partial charge in [0.15, 0.2) is 5.78 Å². The van der Waals surface area contributed by atoms with Gasteiger partial charge in [-0.15, -0.1) is 0 Å². The average molecular weight is 465 g/mol. The van der Waals surface area contributed by atoms with Gasteiger partial charge in [-0.2, -0.15) is 5.01 Å². The number of nitro groups is 1. The van der Waals surface area contributed by atoms with E-state index in [0.717, 1.165) is 28.9 Å². The summed E-state index contributed by atoms with van der Waals surface area (Å²) in [7, 11) is 1.45. The highest BCUT2D eigenvalue weighted by Crippen LogP contribution is 2.39. The third-order valence-corrected chi connectivity index (χ3v) is 6.28. The molecule has 4 rings (SSSR count). The molecule has 2 atom stereocenters. The first kappa shape index (κ1) is 23.1. The standard InChI is InChI=1S/C24H23N3O7/c1-34-18-9-5-6-15(13-18)21(28)14-25(22(29)16-7-4-8-17(12-16)27(32)33)26-23(30)19-10-2-3-11-20(19)24(26)31/h4-9,12-13,19-20H,2-3,10-11,14H2,1H3/t19-,20-/m0/s1. The summed E-state index contributed by atoms with van der Waals surface area (Å²) in [5.74, 6) is -3.05. The number of hydrogen-bond acceptors (Lipinski definition) is 7. The second kappa shape index (κ2) is 9.42. The van der Waals surface area contributed by atoms with Crippen LogP contribution in [-0.4, -0.2) is 52.1 Å². The Bertz CT molecular complexity index is 1150. The summed E-state index contributed by atoms with van der Waals surface area (Å²) < 4.78 is 5.15. The molecule has 2 aliphatic rings. The molecule has 0 spiro atoms. The number of imide groups is 1. The van der Waals surface area contributed by atoms with Gasteiger partial charge in [-0.05, 0) is 31.0 Å². The smallest absolute Gasteiger partial charge is 0.273 e. The number of non-ortho nitro benzene ring substituents is 1. The van der Waals surface area contributed by atoms with Gasteiger partial charge in [-0.3, -0.25) is 29.3 Å². The third-order valence-electron chi connectivity index (χ3n) is 6.28. The Kier molecular flexibility index (Phi) is 6.40. The lowest BCUT2D eigenvalue weighted by Crippen LogP contribution is -2.52. The van der Waals surface area contributed by atoms with Crippen LogP contribution >= 0.6 is 0 Å².